The third-order valence-corrected chi connectivity index (χ3v) is 2.76. The zero-order chi connectivity index (χ0) is 11.9. The number of amides is 1. The second-order valence-corrected chi connectivity index (χ2v) is 4.09. The lowest BCUT2D eigenvalue weighted by molar-refractivity contribution is 0.0955. The highest BCUT2D eigenvalue weighted by Crippen LogP contribution is 2.15. The predicted octanol–water partition coefficient (Wildman–Crippen LogP) is 2.90. The van der Waals surface area contributed by atoms with Crippen LogP contribution in [0.1, 0.15) is 36.0 Å². The molecule has 3 heteroatoms. The molecule has 1 amide bonds. The van der Waals surface area contributed by atoms with Crippen LogP contribution in [0.5, 0.6) is 0 Å². The van der Waals surface area contributed by atoms with Gasteiger partial charge in [-0.05, 0) is 43.4 Å². The Morgan fingerprint density at radius 3 is 2.76 bits per heavy atom. The van der Waals surface area contributed by atoms with Crippen LogP contribution in [0.25, 0.3) is 0 Å². The van der Waals surface area contributed by atoms with Gasteiger partial charge in [0.1, 0.15) is 0 Å². The van der Waals surface area contributed by atoms with E-state index in [0.29, 0.717) is 5.56 Å². The third-order valence-electron chi connectivity index (χ3n) is 2.76. The molecule has 1 N–H and O–H groups in total. The maximum atomic E-state index is 11.6. The van der Waals surface area contributed by atoms with Crippen molar-refractivity contribution in [2.45, 2.75) is 25.7 Å². The van der Waals surface area contributed by atoms with E-state index >= 15 is 0 Å². The SMILES string of the molecule is O=C(N/N=C\C1=CCCCC1)c1ccccc1. The van der Waals surface area contributed by atoms with Crippen molar-refractivity contribution in [1.82, 2.24) is 5.43 Å². The number of hydrazone groups is 1. The van der Waals surface area contributed by atoms with E-state index in [0.717, 1.165) is 12.8 Å². The molecule has 0 bridgehead atoms. The van der Waals surface area contributed by atoms with E-state index in [1.165, 1.54) is 18.4 Å². The first-order valence-corrected chi connectivity index (χ1v) is 5.94. The largest absolute Gasteiger partial charge is 0.271 e. The van der Waals surface area contributed by atoms with E-state index in [1.54, 1.807) is 18.3 Å². The minimum absolute atomic E-state index is 0.168. The molecule has 0 saturated carbocycles. The molecule has 3 nitrogen and oxygen atoms in total. The van der Waals surface area contributed by atoms with Gasteiger partial charge in [-0.3, -0.25) is 4.79 Å². The number of hydrogen-bond donors (Lipinski definition) is 1. The third kappa shape index (κ3) is 3.55. The molecule has 0 heterocycles. The van der Waals surface area contributed by atoms with Gasteiger partial charge in [0.05, 0.1) is 6.21 Å². The number of carbonyl (C=O) groups is 1. The summed E-state index contributed by atoms with van der Waals surface area (Å²) in [5, 5.41) is 3.98. The normalized spacial score (nSPS) is 15.6. The van der Waals surface area contributed by atoms with Gasteiger partial charge in [-0.2, -0.15) is 5.10 Å². The molecule has 88 valence electrons. The Morgan fingerprint density at radius 2 is 2.06 bits per heavy atom. The number of rotatable bonds is 3. The molecule has 0 unspecified atom stereocenters. The molecule has 0 aliphatic heterocycles. The standard InChI is InChI=1S/C14H16N2O/c17-14(13-9-5-2-6-10-13)16-15-11-12-7-3-1-4-8-12/h2,5-7,9-11H,1,3-4,8H2,(H,16,17)/b15-11-. The smallest absolute Gasteiger partial charge is 0.267 e. The molecule has 0 fully saturated rings. The minimum Gasteiger partial charge on any atom is -0.267 e. The van der Waals surface area contributed by atoms with Gasteiger partial charge in [-0.1, -0.05) is 24.3 Å². The zero-order valence-corrected chi connectivity index (χ0v) is 9.73. The first kappa shape index (κ1) is 11.6. The molecule has 1 aliphatic rings. The zero-order valence-electron chi connectivity index (χ0n) is 9.73. The summed E-state index contributed by atoms with van der Waals surface area (Å²) >= 11 is 0. The molecule has 0 radical (unpaired) electrons. The summed E-state index contributed by atoms with van der Waals surface area (Å²) in [7, 11) is 0. The van der Waals surface area contributed by atoms with Crippen molar-refractivity contribution in [3.63, 3.8) is 0 Å². The first-order chi connectivity index (χ1) is 8.36. The number of benzene rings is 1. The van der Waals surface area contributed by atoms with E-state index < -0.39 is 0 Å². The van der Waals surface area contributed by atoms with E-state index in [4.69, 9.17) is 0 Å². The summed E-state index contributed by atoms with van der Waals surface area (Å²) in [4.78, 5) is 11.6. The van der Waals surface area contributed by atoms with Crippen molar-refractivity contribution in [1.29, 1.82) is 0 Å². The van der Waals surface area contributed by atoms with Gasteiger partial charge >= 0.3 is 0 Å². The maximum absolute atomic E-state index is 11.6. The van der Waals surface area contributed by atoms with E-state index in [1.807, 2.05) is 18.2 Å². The molecular weight excluding hydrogens is 212 g/mol. The van der Waals surface area contributed by atoms with E-state index in [2.05, 4.69) is 16.6 Å². The lowest BCUT2D eigenvalue weighted by Gasteiger charge is -2.07. The van der Waals surface area contributed by atoms with Crippen molar-refractivity contribution in [3.8, 4) is 0 Å². The topological polar surface area (TPSA) is 41.5 Å². The summed E-state index contributed by atoms with van der Waals surface area (Å²) in [6, 6.07) is 9.09. The van der Waals surface area contributed by atoms with Crippen molar-refractivity contribution in [2.24, 2.45) is 5.10 Å². The molecule has 2 rings (SSSR count). The van der Waals surface area contributed by atoms with Gasteiger partial charge in [0.2, 0.25) is 0 Å². The molecule has 1 aliphatic carbocycles. The number of hydrogen-bond acceptors (Lipinski definition) is 2. The molecule has 0 aromatic heterocycles. The minimum atomic E-state index is -0.168. The van der Waals surface area contributed by atoms with Crippen LogP contribution in [0.4, 0.5) is 0 Å². The van der Waals surface area contributed by atoms with Crippen LogP contribution in [-0.2, 0) is 0 Å². The Bertz CT molecular complexity index is 435. The summed E-state index contributed by atoms with van der Waals surface area (Å²) in [6.45, 7) is 0. The van der Waals surface area contributed by atoms with Crippen molar-refractivity contribution >= 4 is 12.1 Å². The van der Waals surface area contributed by atoms with E-state index in [-0.39, 0.29) is 5.91 Å². The van der Waals surface area contributed by atoms with Crippen LogP contribution >= 0.6 is 0 Å². The quantitative estimate of drug-likeness (QED) is 0.627. The second-order valence-electron chi connectivity index (χ2n) is 4.09. The number of carbonyl (C=O) groups excluding carboxylic acids is 1. The molecule has 1 aromatic rings. The predicted molar refractivity (Wildman–Crippen MR) is 69.0 cm³/mol. The van der Waals surface area contributed by atoms with Gasteiger partial charge in [-0.15, -0.1) is 0 Å². The van der Waals surface area contributed by atoms with Crippen molar-refractivity contribution in [2.75, 3.05) is 0 Å². The lowest BCUT2D eigenvalue weighted by Crippen LogP contribution is -2.17. The fraction of sp³-hybridized carbons (Fsp3) is 0.286. The van der Waals surface area contributed by atoms with Gasteiger partial charge in [0, 0.05) is 5.56 Å². The highest BCUT2D eigenvalue weighted by Gasteiger charge is 2.03. The van der Waals surface area contributed by atoms with Crippen molar-refractivity contribution in [3.05, 3.63) is 47.5 Å². The highest BCUT2D eigenvalue weighted by molar-refractivity contribution is 5.94. The molecular formula is C14H16N2O. The number of allylic oxidation sites excluding steroid dienone is 2. The maximum Gasteiger partial charge on any atom is 0.271 e. The first-order valence-electron chi connectivity index (χ1n) is 5.94. The summed E-state index contributed by atoms with van der Waals surface area (Å²) in [5.41, 5.74) is 4.38. The Hall–Kier alpha value is -1.90. The monoisotopic (exact) mass is 228 g/mol. The van der Waals surface area contributed by atoms with Gasteiger partial charge < -0.3 is 0 Å². The number of nitrogens with one attached hydrogen (secondary N) is 1. The van der Waals surface area contributed by atoms with Crippen molar-refractivity contribution < 1.29 is 4.79 Å². The van der Waals surface area contributed by atoms with Crippen LogP contribution < -0.4 is 5.43 Å². The Balaban J connectivity index is 1.88. The molecule has 0 saturated heterocycles. The average molecular weight is 228 g/mol. The lowest BCUT2D eigenvalue weighted by atomic mass is 10.0. The molecule has 1 aromatic carbocycles. The van der Waals surface area contributed by atoms with Crippen LogP contribution in [-0.4, -0.2) is 12.1 Å². The van der Waals surface area contributed by atoms with Gasteiger partial charge in [-0.25, -0.2) is 5.43 Å². The Labute approximate surface area is 101 Å². The average Bonchev–Trinajstić information content (AvgIpc) is 2.41. The van der Waals surface area contributed by atoms with Crippen LogP contribution in [0.3, 0.4) is 0 Å². The second kappa shape index (κ2) is 5.99. The van der Waals surface area contributed by atoms with Gasteiger partial charge in [0.25, 0.3) is 5.91 Å². The summed E-state index contributed by atoms with van der Waals surface area (Å²) in [5.74, 6) is -0.168. The van der Waals surface area contributed by atoms with E-state index in [9.17, 15) is 4.79 Å². The highest BCUT2D eigenvalue weighted by atomic mass is 16.2. The Kier molecular flexibility index (Phi) is 4.08. The molecule has 0 spiro atoms. The van der Waals surface area contributed by atoms with Crippen LogP contribution in [0, 0.1) is 0 Å². The fourth-order valence-electron chi connectivity index (χ4n) is 1.81. The van der Waals surface area contributed by atoms with Crippen LogP contribution in [0.15, 0.2) is 47.1 Å². The molecule has 17 heavy (non-hydrogen) atoms. The molecule has 0 atom stereocenters. The fourth-order valence-corrected chi connectivity index (χ4v) is 1.81. The summed E-state index contributed by atoms with van der Waals surface area (Å²) in [6.07, 6.45) is 8.58. The van der Waals surface area contributed by atoms with Gasteiger partial charge in [0.15, 0.2) is 0 Å². The van der Waals surface area contributed by atoms with Crippen LogP contribution in [0.2, 0.25) is 0 Å². The Morgan fingerprint density at radius 1 is 1.24 bits per heavy atom. The number of nitrogens with zero attached hydrogens (tertiary/aromatic N) is 1. The summed E-state index contributed by atoms with van der Waals surface area (Å²) < 4.78 is 0.